The van der Waals surface area contributed by atoms with Crippen LogP contribution in [0.4, 0.5) is 0 Å². The molecule has 214 valence electrons. The van der Waals surface area contributed by atoms with Gasteiger partial charge in [-0.1, -0.05) is 69.8 Å². The summed E-state index contributed by atoms with van der Waals surface area (Å²) in [4.78, 5) is 0. The van der Waals surface area contributed by atoms with E-state index in [1.165, 1.54) is 88.6 Å². The van der Waals surface area contributed by atoms with Crippen molar-refractivity contribution in [2.75, 3.05) is 0 Å². The third kappa shape index (κ3) is 8.73. The van der Waals surface area contributed by atoms with Gasteiger partial charge in [0.25, 0.3) is 0 Å². The zero-order valence-corrected chi connectivity index (χ0v) is 28.8. The van der Waals surface area contributed by atoms with Crippen LogP contribution in [0.1, 0.15) is 50.9 Å². The Balaban J connectivity index is 0.000000173. The van der Waals surface area contributed by atoms with Crippen molar-refractivity contribution in [3.05, 3.63) is 184 Å². The van der Waals surface area contributed by atoms with Gasteiger partial charge in [-0.2, -0.15) is 41.5 Å². The van der Waals surface area contributed by atoms with Gasteiger partial charge < -0.3 is 24.8 Å². The first-order valence-corrected chi connectivity index (χ1v) is 15.4. The summed E-state index contributed by atoms with van der Waals surface area (Å²) in [6.07, 6.45) is 9.57. The van der Waals surface area contributed by atoms with Crippen LogP contribution in [0, 0.1) is 32.9 Å². The van der Waals surface area contributed by atoms with Gasteiger partial charge in [-0.25, -0.2) is 6.08 Å². The van der Waals surface area contributed by atoms with Crippen LogP contribution in [0.15, 0.2) is 127 Å². The van der Waals surface area contributed by atoms with Crippen LogP contribution in [0.3, 0.4) is 0 Å². The Morgan fingerprint density at radius 1 is 0.674 bits per heavy atom. The minimum atomic E-state index is 0. The van der Waals surface area contributed by atoms with E-state index in [2.05, 4.69) is 154 Å². The topological polar surface area (TPSA) is 0 Å². The minimum absolute atomic E-state index is 0. The fraction of sp³-hybridized carbons (Fsp3) is 0.125. The van der Waals surface area contributed by atoms with E-state index in [9.17, 15) is 0 Å². The fourth-order valence-electron chi connectivity index (χ4n) is 5.58. The first-order valence-electron chi connectivity index (χ1n) is 14.1. The summed E-state index contributed by atoms with van der Waals surface area (Å²) >= 11 is 1.46. The molecule has 0 bridgehead atoms. The van der Waals surface area contributed by atoms with Gasteiger partial charge in [0.15, 0.2) is 0 Å². The van der Waals surface area contributed by atoms with Gasteiger partial charge >= 0.3 is 99.2 Å². The van der Waals surface area contributed by atoms with Crippen molar-refractivity contribution in [1.29, 1.82) is 0 Å². The van der Waals surface area contributed by atoms with Gasteiger partial charge in [0, 0.05) is 0 Å². The third-order valence-electron chi connectivity index (χ3n) is 7.40. The van der Waals surface area contributed by atoms with Gasteiger partial charge in [0.2, 0.25) is 0 Å². The van der Waals surface area contributed by atoms with Crippen molar-refractivity contribution in [2.24, 2.45) is 0 Å². The summed E-state index contributed by atoms with van der Waals surface area (Å²) < 4.78 is 1.42. The molecule has 0 heterocycles. The second kappa shape index (κ2) is 16.7. The molecule has 7 rings (SSSR count). The molecule has 43 heavy (non-hydrogen) atoms. The molecule has 0 radical (unpaired) electrons. The van der Waals surface area contributed by atoms with E-state index in [0.29, 0.717) is 0 Å². The van der Waals surface area contributed by atoms with Crippen LogP contribution >= 0.6 is 0 Å². The molecule has 2 aliphatic rings. The second-order valence-electron chi connectivity index (χ2n) is 10.5. The number of halogens is 2. The molecule has 0 aromatic heterocycles. The molecular weight excluding hydrogens is 643 g/mol. The molecule has 0 atom stereocenters. The number of allylic oxidation sites excluding steroid dienone is 4. The SMILES string of the molecule is Cc1cc(C)c(C2=CC[C-]=C2)c(C)c1.[Cl-].[Cl-].[Zr+2]=[C](c1ccccc1)c1ccccc1.[c-]1cccc2c1Cc1ccccc1-2. The quantitative estimate of drug-likeness (QED) is 0.252. The van der Waals surface area contributed by atoms with E-state index < -0.39 is 0 Å². The van der Waals surface area contributed by atoms with E-state index in [4.69, 9.17) is 0 Å². The maximum atomic E-state index is 3.30. The van der Waals surface area contributed by atoms with Crippen molar-refractivity contribution >= 4 is 8.78 Å². The molecular formula is C40H34Cl2Zr-2. The van der Waals surface area contributed by atoms with Gasteiger partial charge in [-0.3, -0.25) is 6.08 Å². The summed E-state index contributed by atoms with van der Waals surface area (Å²) in [6, 6.07) is 43.7. The predicted molar refractivity (Wildman–Crippen MR) is 171 cm³/mol. The van der Waals surface area contributed by atoms with E-state index in [1.807, 2.05) is 6.07 Å². The summed E-state index contributed by atoms with van der Waals surface area (Å²) in [6.45, 7) is 6.51. The van der Waals surface area contributed by atoms with Crippen molar-refractivity contribution < 1.29 is 49.0 Å². The zero-order chi connectivity index (χ0) is 28.6. The smallest absolute Gasteiger partial charge is 0.0253 e. The molecule has 0 spiro atoms. The number of fused-ring (bicyclic) bond motifs is 3. The number of hydrogen-bond acceptors (Lipinski definition) is 0. The van der Waals surface area contributed by atoms with Gasteiger partial charge in [0.05, 0.1) is 0 Å². The predicted octanol–water partition coefficient (Wildman–Crippen LogP) is 3.63. The van der Waals surface area contributed by atoms with E-state index in [1.54, 1.807) is 0 Å². The van der Waals surface area contributed by atoms with Crippen LogP contribution in [0.5, 0.6) is 0 Å². The molecule has 0 unspecified atom stereocenters. The van der Waals surface area contributed by atoms with Gasteiger partial charge in [-0.05, 0) is 27.2 Å². The first kappa shape index (κ1) is 34.4. The molecule has 3 heteroatoms. The van der Waals surface area contributed by atoms with Crippen LogP contribution in [0.2, 0.25) is 0 Å². The molecule has 2 aliphatic carbocycles. The van der Waals surface area contributed by atoms with Gasteiger partial charge in [-0.15, -0.1) is 12.0 Å². The summed E-state index contributed by atoms with van der Waals surface area (Å²) in [5, 5.41) is 0. The standard InChI is InChI=1S/C14H15.C13H9.C13H10.2ClH.Zr/c1-10-8-11(2)14(12(3)9-10)13-6-4-5-7-13;1-3-7-12-10(5-1)9-11-6-2-4-8-13(11)12;1-3-7-12(8-4-1)11-13-9-5-2-6-10-13;;;/h6-9H,4H2,1-3H3;1-5,7-8H,9H2;1-10H;2*1H;/q2*-1;;;;+2/p-2. The van der Waals surface area contributed by atoms with E-state index >= 15 is 0 Å². The molecule has 0 N–H and O–H groups in total. The van der Waals surface area contributed by atoms with Crippen molar-refractivity contribution in [3.63, 3.8) is 0 Å². The average Bonchev–Trinajstić information content (AvgIpc) is 3.66. The Labute approximate surface area is 284 Å². The molecule has 5 aromatic rings. The molecule has 0 saturated carbocycles. The third-order valence-corrected chi connectivity index (χ3v) is 8.82. The van der Waals surface area contributed by atoms with Crippen LogP contribution in [0.25, 0.3) is 16.7 Å². The van der Waals surface area contributed by atoms with E-state index in [-0.39, 0.29) is 24.8 Å². The maximum Gasteiger partial charge on any atom is -0.0253 e. The summed E-state index contributed by atoms with van der Waals surface area (Å²) in [5.74, 6) is 0. The Bertz CT molecular complexity index is 1610. The average molecular weight is 677 g/mol. The van der Waals surface area contributed by atoms with Crippen molar-refractivity contribution in [2.45, 2.75) is 33.6 Å². The molecule has 0 aliphatic heterocycles. The van der Waals surface area contributed by atoms with Crippen LogP contribution < -0.4 is 24.8 Å². The summed E-state index contributed by atoms with van der Waals surface area (Å²) in [5.41, 5.74) is 15.0. The number of aryl methyl sites for hydroxylation is 3. The molecule has 0 fully saturated rings. The Kier molecular flexibility index (Phi) is 13.3. The molecule has 0 amide bonds. The maximum absolute atomic E-state index is 3.30. The Morgan fingerprint density at radius 2 is 1.23 bits per heavy atom. The monoisotopic (exact) mass is 674 g/mol. The Morgan fingerprint density at radius 3 is 1.81 bits per heavy atom. The summed E-state index contributed by atoms with van der Waals surface area (Å²) in [7, 11) is 0. The fourth-order valence-corrected chi connectivity index (χ4v) is 6.40. The largest absolute Gasteiger partial charge is 0.179 e. The normalized spacial score (nSPS) is 11.7. The molecule has 0 saturated heterocycles. The van der Waals surface area contributed by atoms with Gasteiger partial charge in [0.1, 0.15) is 0 Å². The number of rotatable bonds is 3. The van der Waals surface area contributed by atoms with Crippen molar-refractivity contribution in [3.8, 4) is 11.1 Å². The van der Waals surface area contributed by atoms with Crippen LogP contribution in [-0.2, 0) is 30.7 Å². The van der Waals surface area contributed by atoms with Crippen molar-refractivity contribution in [1.82, 2.24) is 0 Å². The van der Waals surface area contributed by atoms with Crippen LogP contribution in [-0.4, -0.2) is 3.21 Å². The number of hydrogen-bond donors (Lipinski definition) is 0. The Hall–Kier alpha value is -3.09. The molecule has 5 aromatic carbocycles. The molecule has 0 nitrogen and oxygen atoms in total. The number of benzene rings is 5. The minimum Gasteiger partial charge on any atom is -0.179 e. The second-order valence-corrected chi connectivity index (χ2v) is 11.7. The zero-order valence-electron chi connectivity index (χ0n) is 24.8. The first-order chi connectivity index (χ1) is 20.0. The van der Waals surface area contributed by atoms with E-state index in [0.717, 1.165) is 12.8 Å².